The predicted octanol–water partition coefficient (Wildman–Crippen LogP) is 4.59. The average molecular weight is 411 g/mol. The molecule has 1 aliphatic heterocycles. The minimum Gasteiger partial charge on any atom is -0.316 e. The van der Waals surface area contributed by atoms with Gasteiger partial charge in [-0.1, -0.05) is 32.4 Å². The van der Waals surface area contributed by atoms with E-state index < -0.39 is 0 Å². The standard InChI is InChI=1S/C26H42N4/c1-18-8-9-21-24(27-4)22(10-11-25(18,21)2)26(3)15-19-16-28-29-23(19)14-20(26)17-30-12-6-5-7-13-30/h16,20-22,24,27H,1,5-15,17H2,2-4H3,(H,28,29)/t20-,21-,22-,24+,25-,26-/m1/s1. The highest BCUT2D eigenvalue weighted by molar-refractivity contribution is 5.27. The normalized spacial score (nSPS) is 42.2. The molecule has 2 saturated carbocycles. The van der Waals surface area contributed by atoms with Crippen LogP contribution in [0.3, 0.4) is 0 Å². The quantitative estimate of drug-likeness (QED) is 0.714. The first kappa shape index (κ1) is 20.8. The Morgan fingerprint density at radius 1 is 1.20 bits per heavy atom. The fourth-order valence-electron chi connectivity index (χ4n) is 8.05. The van der Waals surface area contributed by atoms with Crippen molar-refractivity contribution in [1.82, 2.24) is 20.4 Å². The van der Waals surface area contributed by atoms with Crippen molar-refractivity contribution in [3.05, 3.63) is 29.6 Å². The summed E-state index contributed by atoms with van der Waals surface area (Å²) in [5.74, 6) is 2.18. The van der Waals surface area contributed by atoms with Crippen LogP contribution >= 0.6 is 0 Å². The minimum absolute atomic E-state index is 0.327. The van der Waals surface area contributed by atoms with Crippen LogP contribution in [0.25, 0.3) is 0 Å². The number of nitrogens with one attached hydrogen (secondary N) is 2. The maximum Gasteiger partial charge on any atom is 0.0522 e. The molecule has 3 aliphatic carbocycles. The summed E-state index contributed by atoms with van der Waals surface area (Å²) in [4.78, 5) is 2.77. The number of hydrogen-bond acceptors (Lipinski definition) is 3. The van der Waals surface area contributed by atoms with Crippen LogP contribution in [0.5, 0.6) is 0 Å². The average Bonchev–Trinajstić information content (AvgIpc) is 3.31. The van der Waals surface area contributed by atoms with Gasteiger partial charge in [0, 0.05) is 18.3 Å². The van der Waals surface area contributed by atoms with E-state index in [1.165, 1.54) is 94.3 Å². The monoisotopic (exact) mass is 410 g/mol. The van der Waals surface area contributed by atoms with Crippen LogP contribution in [0.4, 0.5) is 0 Å². The van der Waals surface area contributed by atoms with Crippen molar-refractivity contribution < 1.29 is 0 Å². The van der Waals surface area contributed by atoms with Crippen LogP contribution in [-0.4, -0.2) is 47.8 Å². The predicted molar refractivity (Wildman–Crippen MR) is 123 cm³/mol. The Morgan fingerprint density at radius 3 is 2.77 bits per heavy atom. The van der Waals surface area contributed by atoms with E-state index >= 15 is 0 Å². The Labute approximate surface area is 183 Å². The number of H-pyrrole nitrogens is 1. The maximum absolute atomic E-state index is 4.50. The van der Waals surface area contributed by atoms with Crippen molar-refractivity contribution >= 4 is 0 Å². The highest BCUT2D eigenvalue weighted by Crippen LogP contribution is 2.60. The van der Waals surface area contributed by atoms with Crippen molar-refractivity contribution in [1.29, 1.82) is 0 Å². The molecule has 0 radical (unpaired) electrons. The van der Waals surface area contributed by atoms with Gasteiger partial charge in [-0.05, 0) is 106 Å². The summed E-state index contributed by atoms with van der Waals surface area (Å²) in [6.07, 6.45) is 13.8. The molecule has 166 valence electrons. The number of nitrogens with zero attached hydrogens (tertiary/aromatic N) is 2. The highest BCUT2D eigenvalue weighted by atomic mass is 15.1. The summed E-state index contributed by atoms with van der Waals surface area (Å²) >= 11 is 0. The first-order chi connectivity index (χ1) is 14.5. The zero-order chi connectivity index (χ0) is 20.9. The third kappa shape index (κ3) is 3.21. The van der Waals surface area contributed by atoms with E-state index in [1.807, 2.05) is 0 Å². The molecular formula is C26H42N4. The summed E-state index contributed by atoms with van der Waals surface area (Å²) < 4.78 is 0. The molecule has 2 heterocycles. The van der Waals surface area contributed by atoms with Gasteiger partial charge in [0.25, 0.3) is 0 Å². The van der Waals surface area contributed by atoms with Crippen molar-refractivity contribution in [2.45, 2.75) is 77.7 Å². The van der Waals surface area contributed by atoms with Crippen LogP contribution in [0, 0.1) is 28.6 Å². The topological polar surface area (TPSA) is 44.0 Å². The van der Waals surface area contributed by atoms with Gasteiger partial charge in [0.15, 0.2) is 0 Å². The van der Waals surface area contributed by atoms with Crippen molar-refractivity contribution in [3.63, 3.8) is 0 Å². The lowest BCUT2D eigenvalue weighted by atomic mass is 9.51. The van der Waals surface area contributed by atoms with Gasteiger partial charge in [-0.3, -0.25) is 5.10 Å². The third-order valence-electron chi connectivity index (χ3n) is 10.1. The molecule has 5 rings (SSSR count). The van der Waals surface area contributed by atoms with Gasteiger partial charge >= 0.3 is 0 Å². The number of aromatic nitrogens is 2. The van der Waals surface area contributed by atoms with E-state index in [-0.39, 0.29) is 0 Å². The van der Waals surface area contributed by atoms with Crippen LogP contribution < -0.4 is 5.32 Å². The number of hydrogen-bond donors (Lipinski definition) is 2. The number of aromatic amines is 1. The molecule has 30 heavy (non-hydrogen) atoms. The maximum atomic E-state index is 4.50. The van der Waals surface area contributed by atoms with Crippen LogP contribution in [0.1, 0.15) is 70.1 Å². The largest absolute Gasteiger partial charge is 0.316 e. The molecule has 0 unspecified atom stereocenters. The molecule has 4 heteroatoms. The van der Waals surface area contributed by atoms with E-state index in [2.05, 4.69) is 54.1 Å². The van der Waals surface area contributed by atoms with E-state index in [0.29, 0.717) is 22.8 Å². The highest BCUT2D eigenvalue weighted by Gasteiger charge is 2.56. The zero-order valence-corrected chi connectivity index (χ0v) is 19.5. The Bertz CT molecular complexity index is 778. The van der Waals surface area contributed by atoms with E-state index in [1.54, 1.807) is 0 Å². The summed E-state index contributed by atoms with van der Waals surface area (Å²) in [6.45, 7) is 13.5. The van der Waals surface area contributed by atoms with Gasteiger partial charge in [-0.2, -0.15) is 5.10 Å². The van der Waals surface area contributed by atoms with Gasteiger partial charge in [-0.15, -0.1) is 0 Å². The summed E-state index contributed by atoms with van der Waals surface area (Å²) in [5, 5.41) is 11.6. The van der Waals surface area contributed by atoms with Crippen LogP contribution in [0.15, 0.2) is 18.3 Å². The van der Waals surface area contributed by atoms with E-state index in [0.717, 1.165) is 11.8 Å². The zero-order valence-electron chi connectivity index (χ0n) is 19.5. The molecule has 3 fully saturated rings. The number of rotatable bonds is 4. The fraction of sp³-hybridized carbons (Fsp3) is 0.808. The smallest absolute Gasteiger partial charge is 0.0522 e. The molecular weight excluding hydrogens is 368 g/mol. The molecule has 2 N–H and O–H groups in total. The second-order valence-corrected chi connectivity index (χ2v) is 11.4. The van der Waals surface area contributed by atoms with Crippen molar-refractivity contribution in [3.8, 4) is 0 Å². The second-order valence-electron chi connectivity index (χ2n) is 11.4. The minimum atomic E-state index is 0.327. The Balaban J connectivity index is 1.46. The SMILES string of the molecule is C=C1CC[C@@H]2[C@H](NC)[C@H]([C@]3(C)Cc4cn[nH]c4C[C@@H]3CN3CCCCC3)CC[C@]12C. The lowest BCUT2D eigenvalue weighted by Gasteiger charge is -2.56. The first-order valence-corrected chi connectivity index (χ1v) is 12.5. The van der Waals surface area contributed by atoms with Gasteiger partial charge in [0.05, 0.1) is 6.20 Å². The molecule has 1 aromatic heterocycles. The van der Waals surface area contributed by atoms with Crippen LogP contribution in [0.2, 0.25) is 0 Å². The van der Waals surface area contributed by atoms with Crippen LogP contribution in [-0.2, 0) is 12.8 Å². The first-order valence-electron chi connectivity index (χ1n) is 12.5. The van der Waals surface area contributed by atoms with E-state index in [9.17, 15) is 0 Å². The molecule has 0 amide bonds. The van der Waals surface area contributed by atoms with Crippen molar-refractivity contribution in [2.75, 3.05) is 26.7 Å². The molecule has 0 spiro atoms. The molecule has 1 aromatic rings. The van der Waals surface area contributed by atoms with Gasteiger partial charge in [-0.25, -0.2) is 0 Å². The lowest BCUT2D eigenvalue weighted by Crippen LogP contribution is -2.58. The van der Waals surface area contributed by atoms with Gasteiger partial charge in [0.2, 0.25) is 0 Å². The fourth-order valence-corrected chi connectivity index (χ4v) is 8.05. The summed E-state index contributed by atoms with van der Waals surface area (Å²) in [5.41, 5.74) is 5.07. The molecule has 6 atom stereocenters. The number of fused-ring (bicyclic) bond motifs is 2. The Morgan fingerprint density at radius 2 is 2.00 bits per heavy atom. The van der Waals surface area contributed by atoms with E-state index in [4.69, 9.17) is 0 Å². The molecule has 1 saturated heterocycles. The number of likely N-dealkylation sites (tertiary alicyclic amines) is 1. The Kier molecular flexibility index (Phi) is 5.38. The number of allylic oxidation sites excluding steroid dienone is 1. The summed E-state index contributed by atoms with van der Waals surface area (Å²) in [7, 11) is 2.22. The Hall–Kier alpha value is -1.13. The molecule has 0 bridgehead atoms. The van der Waals surface area contributed by atoms with Crippen molar-refractivity contribution in [2.24, 2.45) is 28.6 Å². The summed E-state index contributed by atoms with van der Waals surface area (Å²) in [6, 6.07) is 0.602. The second kappa shape index (κ2) is 7.78. The van der Waals surface area contributed by atoms with Gasteiger partial charge in [0.1, 0.15) is 0 Å². The molecule has 0 aromatic carbocycles. The third-order valence-corrected chi connectivity index (χ3v) is 10.1. The number of piperidine rings is 1. The van der Waals surface area contributed by atoms with Gasteiger partial charge < -0.3 is 10.2 Å². The molecule has 4 nitrogen and oxygen atoms in total. The lowest BCUT2D eigenvalue weighted by molar-refractivity contribution is -0.0312. The molecule has 4 aliphatic rings.